The van der Waals surface area contributed by atoms with Crippen LogP contribution in [-0.2, 0) is 13.5 Å². The lowest BCUT2D eigenvalue weighted by Crippen LogP contribution is -1.99. The lowest BCUT2D eigenvalue weighted by atomic mass is 10.1. The molecule has 18 heavy (non-hydrogen) atoms. The number of nitrogen functional groups attached to an aromatic ring is 1. The van der Waals surface area contributed by atoms with Gasteiger partial charge in [-0.05, 0) is 18.6 Å². The van der Waals surface area contributed by atoms with Crippen LogP contribution in [0.15, 0.2) is 18.3 Å². The van der Waals surface area contributed by atoms with Crippen LogP contribution < -0.4 is 10.5 Å². The average molecular weight is 246 g/mol. The molecule has 0 bridgehead atoms. The molecular weight excluding hydrogens is 228 g/mol. The molecule has 0 atom stereocenters. The van der Waals surface area contributed by atoms with Crippen molar-refractivity contribution in [1.82, 2.24) is 14.8 Å². The van der Waals surface area contributed by atoms with E-state index in [-0.39, 0.29) is 0 Å². The monoisotopic (exact) mass is 246 g/mol. The lowest BCUT2D eigenvalue weighted by Gasteiger charge is -2.06. The number of hydrogen-bond donors (Lipinski definition) is 1. The minimum atomic E-state index is 0.577. The number of aromatic nitrogens is 3. The van der Waals surface area contributed by atoms with E-state index in [2.05, 4.69) is 17.0 Å². The van der Waals surface area contributed by atoms with Gasteiger partial charge in [-0.25, -0.2) is 4.98 Å². The van der Waals surface area contributed by atoms with E-state index in [1.807, 2.05) is 19.2 Å². The number of aryl methyl sites for hydroxylation is 1. The second kappa shape index (κ2) is 5.08. The van der Waals surface area contributed by atoms with Gasteiger partial charge in [-0.2, -0.15) is 5.10 Å². The van der Waals surface area contributed by atoms with Crippen molar-refractivity contribution < 1.29 is 4.74 Å². The van der Waals surface area contributed by atoms with E-state index in [9.17, 15) is 0 Å². The van der Waals surface area contributed by atoms with Gasteiger partial charge in [0.25, 0.3) is 0 Å². The van der Waals surface area contributed by atoms with Gasteiger partial charge in [0.1, 0.15) is 11.5 Å². The first-order valence-corrected chi connectivity index (χ1v) is 5.99. The van der Waals surface area contributed by atoms with Crippen LogP contribution in [0.25, 0.3) is 11.3 Å². The molecule has 2 aromatic rings. The fourth-order valence-corrected chi connectivity index (χ4v) is 2.03. The highest BCUT2D eigenvalue weighted by Crippen LogP contribution is 2.32. The maximum Gasteiger partial charge on any atom is 0.222 e. The van der Waals surface area contributed by atoms with Crippen LogP contribution in [0.3, 0.4) is 0 Å². The Morgan fingerprint density at radius 1 is 1.44 bits per heavy atom. The summed E-state index contributed by atoms with van der Waals surface area (Å²) in [4.78, 5) is 4.20. The van der Waals surface area contributed by atoms with Gasteiger partial charge in [0.05, 0.1) is 12.7 Å². The van der Waals surface area contributed by atoms with E-state index in [4.69, 9.17) is 10.5 Å². The fourth-order valence-electron chi connectivity index (χ4n) is 2.03. The Morgan fingerprint density at radius 3 is 2.89 bits per heavy atom. The third-order valence-corrected chi connectivity index (χ3v) is 2.91. The number of pyridine rings is 1. The molecule has 0 spiro atoms. The molecule has 0 aliphatic heterocycles. The molecule has 0 saturated carbocycles. The van der Waals surface area contributed by atoms with Gasteiger partial charge in [0.2, 0.25) is 5.88 Å². The highest BCUT2D eigenvalue weighted by atomic mass is 16.5. The van der Waals surface area contributed by atoms with Crippen molar-refractivity contribution in [3.63, 3.8) is 0 Å². The van der Waals surface area contributed by atoms with Crippen molar-refractivity contribution >= 4 is 5.82 Å². The van der Waals surface area contributed by atoms with Gasteiger partial charge < -0.3 is 10.5 Å². The molecule has 0 aliphatic carbocycles. The SMILES string of the molecule is CCCc1c(-c2cccnc2OC)nn(C)c1N. The summed E-state index contributed by atoms with van der Waals surface area (Å²) in [6.07, 6.45) is 3.62. The zero-order valence-corrected chi connectivity index (χ0v) is 11.0. The van der Waals surface area contributed by atoms with Gasteiger partial charge in [-0.3, -0.25) is 4.68 Å². The fraction of sp³-hybridized carbons (Fsp3) is 0.385. The molecule has 2 N–H and O–H groups in total. The molecule has 0 unspecified atom stereocenters. The Kier molecular flexibility index (Phi) is 3.50. The molecule has 0 radical (unpaired) electrons. The third-order valence-electron chi connectivity index (χ3n) is 2.91. The Labute approximate surface area is 107 Å². The first-order valence-electron chi connectivity index (χ1n) is 5.99. The Bertz CT molecular complexity index is 548. The smallest absolute Gasteiger partial charge is 0.222 e. The van der Waals surface area contributed by atoms with Gasteiger partial charge in [-0.1, -0.05) is 13.3 Å². The van der Waals surface area contributed by atoms with Crippen molar-refractivity contribution in [2.24, 2.45) is 7.05 Å². The van der Waals surface area contributed by atoms with Crippen LogP contribution in [0.4, 0.5) is 5.82 Å². The van der Waals surface area contributed by atoms with Crippen LogP contribution in [-0.4, -0.2) is 21.9 Å². The second-order valence-corrected chi connectivity index (χ2v) is 4.15. The summed E-state index contributed by atoms with van der Waals surface area (Å²) in [5, 5.41) is 4.48. The number of hydrogen-bond acceptors (Lipinski definition) is 4. The molecule has 5 nitrogen and oxygen atoms in total. The van der Waals surface area contributed by atoms with Crippen molar-refractivity contribution in [2.45, 2.75) is 19.8 Å². The molecule has 5 heteroatoms. The predicted molar refractivity (Wildman–Crippen MR) is 71.4 cm³/mol. The van der Waals surface area contributed by atoms with E-state index < -0.39 is 0 Å². The van der Waals surface area contributed by atoms with Gasteiger partial charge in [0, 0.05) is 18.8 Å². The van der Waals surface area contributed by atoms with Crippen molar-refractivity contribution in [3.8, 4) is 17.1 Å². The second-order valence-electron chi connectivity index (χ2n) is 4.15. The molecule has 2 heterocycles. The molecule has 0 aromatic carbocycles. The molecule has 2 aromatic heterocycles. The van der Waals surface area contributed by atoms with E-state index in [1.54, 1.807) is 18.0 Å². The zero-order chi connectivity index (χ0) is 13.1. The van der Waals surface area contributed by atoms with Gasteiger partial charge in [0.15, 0.2) is 0 Å². The summed E-state index contributed by atoms with van der Waals surface area (Å²) in [6, 6.07) is 3.82. The van der Waals surface area contributed by atoms with E-state index in [0.717, 1.165) is 29.7 Å². The van der Waals surface area contributed by atoms with Crippen LogP contribution in [0.5, 0.6) is 5.88 Å². The third kappa shape index (κ3) is 2.03. The number of anilines is 1. The van der Waals surface area contributed by atoms with Crippen LogP contribution >= 0.6 is 0 Å². The summed E-state index contributed by atoms with van der Waals surface area (Å²) in [5.74, 6) is 1.28. The normalized spacial score (nSPS) is 10.6. The highest BCUT2D eigenvalue weighted by molar-refractivity contribution is 5.72. The molecular formula is C13H18N4O. The van der Waals surface area contributed by atoms with Crippen LogP contribution in [0, 0.1) is 0 Å². The topological polar surface area (TPSA) is 66.0 Å². The lowest BCUT2D eigenvalue weighted by molar-refractivity contribution is 0.399. The van der Waals surface area contributed by atoms with Crippen LogP contribution in [0.1, 0.15) is 18.9 Å². The number of rotatable bonds is 4. The van der Waals surface area contributed by atoms with E-state index in [1.165, 1.54) is 0 Å². The first-order chi connectivity index (χ1) is 8.69. The number of nitrogens with two attached hydrogens (primary N) is 1. The number of nitrogens with zero attached hydrogens (tertiary/aromatic N) is 3. The van der Waals surface area contributed by atoms with Gasteiger partial charge in [-0.15, -0.1) is 0 Å². The summed E-state index contributed by atoms with van der Waals surface area (Å²) < 4.78 is 6.98. The summed E-state index contributed by atoms with van der Waals surface area (Å²) in [5.41, 5.74) is 8.87. The van der Waals surface area contributed by atoms with Crippen LogP contribution in [0.2, 0.25) is 0 Å². The van der Waals surface area contributed by atoms with Crippen molar-refractivity contribution in [3.05, 3.63) is 23.9 Å². The summed E-state index contributed by atoms with van der Waals surface area (Å²) >= 11 is 0. The Hall–Kier alpha value is -2.04. The minimum Gasteiger partial charge on any atom is -0.481 e. The van der Waals surface area contributed by atoms with E-state index >= 15 is 0 Å². The summed E-state index contributed by atoms with van der Waals surface area (Å²) in [7, 11) is 3.46. The standard InChI is InChI=1S/C13H18N4O/c1-4-6-9-11(16-17(2)12(9)14)10-7-5-8-15-13(10)18-3/h5,7-8H,4,6,14H2,1-3H3. The highest BCUT2D eigenvalue weighted by Gasteiger charge is 2.18. The van der Waals surface area contributed by atoms with Crippen molar-refractivity contribution in [2.75, 3.05) is 12.8 Å². The zero-order valence-electron chi connectivity index (χ0n) is 11.0. The van der Waals surface area contributed by atoms with Gasteiger partial charge >= 0.3 is 0 Å². The molecule has 2 rings (SSSR count). The predicted octanol–water partition coefficient (Wildman–Crippen LogP) is 2.03. The molecule has 0 fully saturated rings. The maximum atomic E-state index is 6.06. The van der Waals surface area contributed by atoms with E-state index in [0.29, 0.717) is 11.7 Å². The Balaban J connectivity index is 2.59. The molecule has 0 aliphatic rings. The molecule has 0 saturated heterocycles. The molecule has 0 amide bonds. The van der Waals surface area contributed by atoms with Crippen molar-refractivity contribution in [1.29, 1.82) is 0 Å². The summed E-state index contributed by atoms with van der Waals surface area (Å²) in [6.45, 7) is 2.12. The largest absolute Gasteiger partial charge is 0.481 e. The minimum absolute atomic E-state index is 0.577. The first kappa shape index (κ1) is 12.4. The molecule has 96 valence electrons. The Morgan fingerprint density at radius 2 is 2.22 bits per heavy atom. The number of ether oxygens (including phenoxy) is 1. The average Bonchev–Trinajstić information content (AvgIpc) is 2.67. The maximum absolute atomic E-state index is 6.06. The quantitative estimate of drug-likeness (QED) is 0.896. The number of methoxy groups -OCH3 is 1.